The van der Waals surface area contributed by atoms with E-state index in [1.807, 2.05) is 0 Å². The van der Waals surface area contributed by atoms with Crippen molar-refractivity contribution in [1.29, 1.82) is 0 Å². The molecule has 7 heavy (non-hydrogen) atoms. The SMILES string of the molecule is OCC1NCC1O. The average molecular weight is 103 g/mol. The van der Waals surface area contributed by atoms with E-state index in [2.05, 4.69) is 5.32 Å². The zero-order valence-electron chi connectivity index (χ0n) is 3.96. The van der Waals surface area contributed by atoms with E-state index in [4.69, 9.17) is 10.2 Å². The van der Waals surface area contributed by atoms with Crippen LogP contribution >= 0.6 is 0 Å². The number of aliphatic hydroxyl groups excluding tert-OH is 2. The molecule has 1 heterocycles. The summed E-state index contributed by atoms with van der Waals surface area (Å²) in [6.07, 6.45) is -0.315. The molecule has 3 heteroatoms. The van der Waals surface area contributed by atoms with Crippen LogP contribution in [-0.4, -0.2) is 35.5 Å². The van der Waals surface area contributed by atoms with Gasteiger partial charge < -0.3 is 15.5 Å². The van der Waals surface area contributed by atoms with Gasteiger partial charge in [0.25, 0.3) is 0 Å². The zero-order chi connectivity index (χ0) is 5.28. The molecule has 1 saturated heterocycles. The van der Waals surface area contributed by atoms with Gasteiger partial charge in [0.1, 0.15) is 0 Å². The Labute approximate surface area is 42.0 Å². The molecular formula is C4H9NO2. The molecule has 3 N–H and O–H groups in total. The van der Waals surface area contributed by atoms with Crippen molar-refractivity contribution in [3.8, 4) is 0 Å². The fourth-order valence-electron chi connectivity index (χ4n) is 0.576. The van der Waals surface area contributed by atoms with E-state index in [1.165, 1.54) is 0 Å². The molecule has 42 valence electrons. The maximum absolute atomic E-state index is 8.69. The van der Waals surface area contributed by atoms with E-state index in [0.29, 0.717) is 6.54 Å². The predicted molar refractivity (Wildman–Crippen MR) is 24.9 cm³/mol. The normalized spacial score (nSPS) is 40.3. The molecule has 0 radical (unpaired) electrons. The fourth-order valence-corrected chi connectivity index (χ4v) is 0.576. The third kappa shape index (κ3) is 0.748. The van der Waals surface area contributed by atoms with Crippen molar-refractivity contribution in [2.24, 2.45) is 0 Å². The van der Waals surface area contributed by atoms with Crippen LogP contribution in [0.4, 0.5) is 0 Å². The first-order valence-corrected chi connectivity index (χ1v) is 2.37. The molecule has 1 fully saturated rings. The van der Waals surface area contributed by atoms with Crippen LogP contribution in [0.2, 0.25) is 0 Å². The Bertz CT molecular complexity index is 64.7. The standard InChI is InChI=1S/C4H9NO2/c6-2-3-4(7)1-5-3/h3-7H,1-2H2. The maximum atomic E-state index is 8.69. The second kappa shape index (κ2) is 1.78. The van der Waals surface area contributed by atoms with Gasteiger partial charge in [-0.25, -0.2) is 0 Å². The van der Waals surface area contributed by atoms with Crippen molar-refractivity contribution in [3.05, 3.63) is 0 Å². The Hall–Kier alpha value is -0.120. The lowest BCUT2D eigenvalue weighted by Crippen LogP contribution is -2.58. The van der Waals surface area contributed by atoms with Gasteiger partial charge >= 0.3 is 0 Å². The minimum absolute atomic E-state index is 0.0428. The van der Waals surface area contributed by atoms with Gasteiger partial charge in [0.15, 0.2) is 0 Å². The zero-order valence-corrected chi connectivity index (χ0v) is 3.96. The molecular weight excluding hydrogens is 94.0 g/mol. The van der Waals surface area contributed by atoms with Crippen molar-refractivity contribution in [1.82, 2.24) is 5.32 Å². The third-order valence-electron chi connectivity index (χ3n) is 1.25. The largest absolute Gasteiger partial charge is 0.395 e. The third-order valence-corrected chi connectivity index (χ3v) is 1.25. The highest BCUT2D eigenvalue weighted by atomic mass is 16.3. The topological polar surface area (TPSA) is 52.5 Å². The second-order valence-corrected chi connectivity index (χ2v) is 1.76. The van der Waals surface area contributed by atoms with Crippen molar-refractivity contribution < 1.29 is 10.2 Å². The Morgan fingerprint density at radius 2 is 2.43 bits per heavy atom. The molecule has 0 aliphatic carbocycles. The Morgan fingerprint density at radius 3 is 2.43 bits per heavy atom. The summed E-state index contributed by atoms with van der Waals surface area (Å²) >= 11 is 0. The summed E-state index contributed by atoms with van der Waals surface area (Å²) in [6.45, 7) is 0.673. The molecule has 0 spiro atoms. The molecule has 3 nitrogen and oxygen atoms in total. The smallest absolute Gasteiger partial charge is 0.0839 e. The van der Waals surface area contributed by atoms with E-state index >= 15 is 0 Å². The van der Waals surface area contributed by atoms with Crippen LogP contribution in [0.25, 0.3) is 0 Å². The molecule has 2 atom stereocenters. The number of aliphatic hydroxyl groups is 2. The number of β-amino-alcohol motifs (C(OH)–C–C–N with tert-alkyl or cyclic N) is 1. The number of rotatable bonds is 1. The highest BCUT2D eigenvalue weighted by Gasteiger charge is 2.26. The van der Waals surface area contributed by atoms with Crippen LogP contribution in [0.5, 0.6) is 0 Å². The van der Waals surface area contributed by atoms with Gasteiger partial charge in [0.2, 0.25) is 0 Å². The summed E-state index contributed by atoms with van der Waals surface area (Å²) in [7, 11) is 0. The molecule has 0 bridgehead atoms. The van der Waals surface area contributed by atoms with Crippen LogP contribution < -0.4 is 5.32 Å². The van der Waals surface area contributed by atoms with Crippen molar-refractivity contribution in [2.45, 2.75) is 12.1 Å². The quantitative estimate of drug-likeness (QED) is 0.371. The average Bonchev–Trinajstić information content (AvgIpc) is 1.65. The summed E-state index contributed by atoms with van der Waals surface area (Å²) in [6, 6.07) is -0.0556. The first kappa shape index (κ1) is 5.03. The van der Waals surface area contributed by atoms with E-state index in [-0.39, 0.29) is 18.8 Å². The van der Waals surface area contributed by atoms with Gasteiger partial charge in [-0.05, 0) is 0 Å². The van der Waals surface area contributed by atoms with Gasteiger partial charge in [0, 0.05) is 6.54 Å². The number of hydrogen-bond acceptors (Lipinski definition) is 3. The summed E-state index contributed by atoms with van der Waals surface area (Å²) < 4.78 is 0. The molecule has 2 unspecified atom stereocenters. The van der Waals surface area contributed by atoms with Crippen LogP contribution in [0.1, 0.15) is 0 Å². The molecule has 0 amide bonds. The van der Waals surface area contributed by atoms with Crippen molar-refractivity contribution in [3.63, 3.8) is 0 Å². The summed E-state index contributed by atoms with van der Waals surface area (Å²) in [5, 5.41) is 19.9. The van der Waals surface area contributed by atoms with Crippen molar-refractivity contribution >= 4 is 0 Å². The first-order valence-electron chi connectivity index (χ1n) is 2.37. The van der Waals surface area contributed by atoms with Gasteiger partial charge in [-0.3, -0.25) is 0 Å². The number of hydrogen-bond donors (Lipinski definition) is 3. The van der Waals surface area contributed by atoms with E-state index in [9.17, 15) is 0 Å². The molecule has 1 rings (SSSR count). The highest BCUT2D eigenvalue weighted by Crippen LogP contribution is 2.00. The number of nitrogens with one attached hydrogen (secondary N) is 1. The lowest BCUT2D eigenvalue weighted by molar-refractivity contribution is 0.0305. The van der Waals surface area contributed by atoms with Gasteiger partial charge in [-0.1, -0.05) is 0 Å². The van der Waals surface area contributed by atoms with Crippen LogP contribution in [0.3, 0.4) is 0 Å². The maximum Gasteiger partial charge on any atom is 0.0839 e. The van der Waals surface area contributed by atoms with E-state index in [1.54, 1.807) is 0 Å². The second-order valence-electron chi connectivity index (χ2n) is 1.76. The molecule has 1 aliphatic heterocycles. The Kier molecular flexibility index (Phi) is 1.27. The molecule has 0 aromatic carbocycles. The predicted octanol–water partition coefficient (Wildman–Crippen LogP) is -1.69. The lowest BCUT2D eigenvalue weighted by atomic mass is 10.1. The minimum atomic E-state index is -0.315. The fraction of sp³-hybridized carbons (Fsp3) is 1.00. The molecule has 0 aromatic rings. The summed E-state index contributed by atoms with van der Waals surface area (Å²) in [4.78, 5) is 0. The monoisotopic (exact) mass is 103 g/mol. The van der Waals surface area contributed by atoms with Crippen LogP contribution in [0.15, 0.2) is 0 Å². The van der Waals surface area contributed by atoms with Crippen molar-refractivity contribution in [2.75, 3.05) is 13.2 Å². The summed E-state index contributed by atoms with van der Waals surface area (Å²) in [5.74, 6) is 0. The lowest BCUT2D eigenvalue weighted by Gasteiger charge is -2.32. The van der Waals surface area contributed by atoms with Gasteiger partial charge in [-0.2, -0.15) is 0 Å². The van der Waals surface area contributed by atoms with E-state index < -0.39 is 0 Å². The Balaban J connectivity index is 2.16. The molecule has 0 aromatic heterocycles. The van der Waals surface area contributed by atoms with Crippen LogP contribution in [-0.2, 0) is 0 Å². The van der Waals surface area contributed by atoms with Crippen LogP contribution in [0, 0.1) is 0 Å². The Morgan fingerprint density at radius 1 is 1.71 bits per heavy atom. The molecule has 0 saturated carbocycles. The first-order chi connectivity index (χ1) is 3.34. The highest BCUT2D eigenvalue weighted by molar-refractivity contribution is 4.86. The summed E-state index contributed by atoms with van der Waals surface area (Å²) in [5.41, 5.74) is 0. The van der Waals surface area contributed by atoms with Gasteiger partial charge in [0.05, 0.1) is 18.8 Å². The van der Waals surface area contributed by atoms with Gasteiger partial charge in [-0.15, -0.1) is 0 Å². The molecule has 1 aliphatic rings. The minimum Gasteiger partial charge on any atom is -0.395 e. The van der Waals surface area contributed by atoms with E-state index in [0.717, 1.165) is 0 Å².